The summed E-state index contributed by atoms with van der Waals surface area (Å²) in [7, 11) is 0. The summed E-state index contributed by atoms with van der Waals surface area (Å²) >= 11 is 18.0. The van der Waals surface area contributed by atoms with Crippen molar-refractivity contribution in [3.63, 3.8) is 0 Å². The van der Waals surface area contributed by atoms with E-state index in [9.17, 15) is 44.3 Å². The minimum atomic E-state index is -5.13. The number of amides is 1. The standard InChI is InChI=1S/C25H21Cl3F9NO2S/c1-3-40-20(9-16(24(32,33)34)14-7-18(26)21(28)19(27)8-14)13-4-5-15(17(6-13)25(35,36)37)22(39)38-12(2)10-41-11-23(29,30)31/h4-9,12,16H,3,10-11H2,1-2H3,(H,38,39)/b20-9+/t12-,16?/m1/s1. The van der Waals surface area contributed by atoms with Crippen molar-refractivity contribution < 1.29 is 49.0 Å². The topological polar surface area (TPSA) is 38.3 Å². The first-order valence-electron chi connectivity index (χ1n) is 11.5. The lowest BCUT2D eigenvalue weighted by atomic mass is 9.95. The zero-order chi connectivity index (χ0) is 31.3. The number of nitrogens with one attached hydrogen (secondary N) is 1. The number of halogens is 12. The highest BCUT2D eigenvalue weighted by Gasteiger charge is 2.41. The number of allylic oxidation sites excluding steroid dienone is 1. The molecule has 2 aromatic carbocycles. The van der Waals surface area contributed by atoms with Crippen LogP contribution in [-0.2, 0) is 10.9 Å². The molecule has 0 heterocycles. The summed E-state index contributed by atoms with van der Waals surface area (Å²) in [6, 6.07) is 3.06. The Kier molecular flexibility index (Phi) is 12.0. The highest BCUT2D eigenvalue weighted by atomic mass is 35.5. The lowest BCUT2D eigenvalue weighted by Crippen LogP contribution is -2.35. The van der Waals surface area contributed by atoms with Gasteiger partial charge in [0.1, 0.15) is 11.7 Å². The van der Waals surface area contributed by atoms with Crippen LogP contribution in [0.1, 0.15) is 46.8 Å². The molecule has 0 aromatic heterocycles. The molecule has 0 aliphatic heterocycles. The highest BCUT2D eigenvalue weighted by molar-refractivity contribution is 7.99. The molecule has 1 amide bonds. The van der Waals surface area contributed by atoms with Gasteiger partial charge in [0.15, 0.2) is 0 Å². The van der Waals surface area contributed by atoms with Gasteiger partial charge in [-0.25, -0.2) is 0 Å². The molecule has 0 saturated heterocycles. The second-order valence-electron chi connectivity index (χ2n) is 8.54. The summed E-state index contributed by atoms with van der Waals surface area (Å²) in [6.07, 6.45) is -14.0. The molecule has 1 unspecified atom stereocenters. The zero-order valence-corrected chi connectivity index (χ0v) is 24.1. The smallest absolute Gasteiger partial charge is 0.417 e. The van der Waals surface area contributed by atoms with E-state index in [0.717, 1.165) is 24.3 Å². The molecule has 41 heavy (non-hydrogen) atoms. The second-order valence-corrected chi connectivity index (χ2v) is 10.8. The average Bonchev–Trinajstić information content (AvgIpc) is 2.82. The van der Waals surface area contributed by atoms with Gasteiger partial charge >= 0.3 is 18.5 Å². The predicted octanol–water partition coefficient (Wildman–Crippen LogP) is 9.80. The fourth-order valence-corrected chi connectivity index (χ4v) is 4.89. The summed E-state index contributed by atoms with van der Waals surface area (Å²) in [5.74, 6) is -5.69. The van der Waals surface area contributed by atoms with Gasteiger partial charge in [0.2, 0.25) is 0 Å². The van der Waals surface area contributed by atoms with Crippen molar-refractivity contribution in [1.29, 1.82) is 0 Å². The van der Waals surface area contributed by atoms with Gasteiger partial charge in [0.05, 0.1) is 38.6 Å². The molecular weight excluding hydrogens is 656 g/mol. The Morgan fingerprint density at radius 2 is 1.59 bits per heavy atom. The minimum Gasteiger partial charge on any atom is -0.494 e. The van der Waals surface area contributed by atoms with Crippen molar-refractivity contribution in [3.05, 3.63) is 73.7 Å². The van der Waals surface area contributed by atoms with E-state index in [4.69, 9.17) is 39.5 Å². The zero-order valence-electron chi connectivity index (χ0n) is 21.0. The van der Waals surface area contributed by atoms with E-state index < -0.39 is 70.2 Å². The van der Waals surface area contributed by atoms with Crippen molar-refractivity contribution in [2.45, 2.75) is 44.3 Å². The van der Waals surface area contributed by atoms with Crippen LogP contribution in [0, 0.1) is 0 Å². The maximum atomic E-state index is 14.1. The summed E-state index contributed by atoms with van der Waals surface area (Å²) in [6.45, 7) is 2.48. The Balaban J connectivity index is 2.52. The van der Waals surface area contributed by atoms with Crippen molar-refractivity contribution in [2.75, 3.05) is 18.1 Å². The summed E-state index contributed by atoms with van der Waals surface area (Å²) in [5, 5.41) is 1.45. The number of hydrogen-bond donors (Lipinski definition) is 1. The quantitative estimate of drug-likeness (QED) is 0.155. The first-order valence-corrected chi connectivity index (χ1v) is 13.8. The van der Waals surface area contributed by atoms with Gasteiger partial charge in [-0.3, -0.25) is 4.79 Å². The maximum absolute atomic E-state index is 14.1. The number of benzene rings is 2. The molecule has 0 fully saturated rings. The number of carbonyl (C=O) groups excluding carboxylic acids is 1. The number of ether oxygens (including phenoxy) is 1. The van der Waals surface area contributed by atoms with Gasteiger partial charge < -0.3 is 10.1 Å². The summed E-state index contributed by atoms with van der Waals surface area (Å²) < 4.78 is 126. The lowest BCUT2D eigenvalue weighted by Gasteiger charge is -2.21. The van der Waals surface area contributed by atoms with E-state index in [1.807, 2.05) is 0 Å². The summed E-state index contributed by atoms with van der Waals surface area (Å²) in [4.78, 5) is 12.6. The fraction of sp³-hybridized carbons (Fsp3) is 0.400. The van der Waals surface area contributed by atoms with Crippen molar-refractivity contribution in [1.82, 2.24) is 5.32 Å². The van der Waals surface area contributed by atoms with Crippen LogP contribution in [-0.4, -0.2) is 42.4 Å². The minimum absolute atomic E-state index is 0.191. The van der Waals surface area contributed by atoms with E-state index in [-0.39, 0.29) is 27.4 Å². The molecule has 2 aromatic rings. The molecule has 2 rings (SSSR count). The first-order chi connectivity index (χ1) is 18.7. The SMILES string of the molecule is CCO/C(=C/C(c1cc(Cl)c(Cl)c(Cl)c1)C(F)(F)F)c1ccc(C(=O)N[C@H](C)CSCC(F)(F)F)c(C(F)(F)F)c1. The molecule has 0 aliphatic rings. The van der Waals surface area contributed by atoms with Crippen LogP contribution in [0.5, 0.6) is 0 Å². The second kappa shape index (κ2) is 14.0. The van der Waals surface area contributed by atoms with Crippen LogP contribution in [0.25, 0.3) is 5.76 Å². The van der Waals surface area contributed by atoms with Gasteiger partial charge in [-0.1, -0.05) is 40.9 Å². The van der Waals surface area contributed by atoms with Crippen LogP contribution in [0.15, 0.2) is 36.4 Å². The van der Waals surface area contributed by atoms with Gasteiger partial charge in [-0.15, -0.1) is 0 Å². The lowest BCUT2D eigenvalue weighted by molar-refractivity contribution is -0.140. The Morgan fingerprint density at radius 3 is 2.07 bits per heavy atom. The summed E-state index contributed by atoms with van der Waals surface area (Å²) in [5.41, 5.74) is -3.26. The number of carbonyl (C=O) groups is 1. The van der Waals surface area contributed by atoms with Crippen molar-refractivity contribution >= 4 is 58.2 Å². The average molecular weight is 677 g/mol. The Labute approximate surface area is 248 Å². The third kappa shape index (κ3) is 10.4. The molecule has 0 saturated carbocycles. The molecule has 2 atom stereocenters. The molecule has 3 nitrogen and oxygen atoms in total. The fourth-order valence-electron chi connectivity index (χ4n) is 3.49. The third-order valence-corrected chi connectivity index (χ3v) is 7.66. The molecule has 16 heteroatoms. The van der Waals surface area contributed by atoms with Crippen LogP contribution in [0.4, 0.5) is 39.5 Å². The number of thioether (sulfide) groups is 1. The van der Waals surface area contributed by atoms with Gasteiger partial charge in [0.25, 0.3) is 5.91 Å². The molecule has 0 aliphatic carbocycles. The molecule has 0 bridgehead atoms. The van der Waals surface area contributed by atoms with E-state index in [1.165, 1.54) is 13.8 Å². The Bertz CT molecular complexity index is 1240. The van der Waals surface area contributed by atoms with Crippen molar-refractivity contribution in [2.24, 2.45) is 0 Å². The van der Waals surface area contributed by atoms with Crippen LogP contribution in [0.2, 0.25) is 15.1 Å². The maximum Gasteiger partial charge on any atom is 0.417 e. The predicted molar refractivity (Wildman–Crippen MR) is 142 cm³/mol. The number of rotatable bonds is 10. The highest BCUT2D eigenvalue weighted by Crippen LogP contribution is 2.43. The molecule has 0 spiro atoms. The van der Waals surface area contributed by atoms with Crippen molar-refractivity contribution in [3.8, 4) is 0 Å². The largest absolute Gasteiger partial charge is 0.494 e. The molecule has 228 valence electrons. The van der Waals surface area contributed by atoms with E-state index in [1.54, 1.807) is 0 Å². The third-order valence-electron chi connectivity index (χ3n) is 5.20. The van der Waals surface area contributed by atoms with Gasteiger partial charge in [0, 0.05) is 17.4 Å². The Morgan fingerprint density at radius 1 is 1.00 bits per heavy atom. The number of hydrogen-bond acceptors (Lipinski definition) is 3. The normalized spacial score (nSPS) is 14.5. The van der Waals surface area contributed by atoms with E-state index in [2.05, 4.69) is 5.32 Å². The van der Waals surface area contributed by atoms with Crippen LogP contribution >= 0.6 is 46.6 Å². The van der Waals surface area contributed by atoms with Gasteiger partial charge in [-0.2, -0.15) is 51.3 Å². The molecule has 1 N–H and O–H groups in total. The van der Waals surface area contributed by atoms with E-state index in [0.29, 0.717) is 23.9 Å². The first kappa shape index (κ1) is 35.2. The molecule has 0 radical (unpaired) electrons. The Hall–Kier alpha value is -1.96. The van der Waals surface area contributed by atoms with Crippen LogP contribution in [0.3, 0.4) is 0 Å². The van der Waals surface area contributed by atoms with E-state index >= 15 is 0 Å². The molecular formula is C25H21Cl3F9NO2S. The number of alkyl halides is 9. The van der Waals surface area contributed by atoms with Crippen LogP contribution < -0.4 is 5.32 Å². The monoisotopic (exact) mass is 675 g/mol. The van der Waals surface area contributed by atoms with Gasteiger partial charge in [-0.05, 0) is 49.8 Å².